The average Bonchev–Trinajstić information content (AvgIpc) is 3.06. The number of hydrogen-bond acceptors (Lipinski definition) is 6. The summed E-state index contributed by atoms with van der Waals surface area (Å²) in [6, 6.07) is 6.73. The summed E-state index contributed by atoms with van der Waals surface area (Å²) in [4.78, 5) is 12.6. The summed E-state index contributed by atoms with van der Waals surface area (Å²) >= 11 is 1.31. The third kappa shape index (κ3) is 3.93. The molecular weight excluding hydrogens is 372 g/mol. The Bertz CT molecular complexity index is 890. The molecule has 0 aliphatic carbocycles. The highest BCUT2D eigenvalue weighted by Crippen LogP contribution is 2.31. The SMILES string of the molecule is CCOC(=O)c1cc2cc(S(=O)(=O)N3CCCC(CCN)C3)ccc2s1. The smallest absolute Gasteiger partial charge is 0.348 e. The molecule has 1 aliphatic heterocycles. The monoisotopic (exact) mass is 396 g/mol. The Labute approximate surface area is 158 Å². The predicted octanol–water partition coefficient (Wildman–Crippen LogP) is 2.83. The van der Waals surface area contributed by atoms with E-state index in [9.17, 15) is 13.2 Å². The van der Waals surface area contributed by atoms with Crippen LogP contribution in [-0.4, -0.2) is 44.9 Å². The maximum Gasteiger partial charge on any atom is 0.348 e. The van der Waals surface area contributed by atoms with E-state index in [1.165, 1.54) is 11.3 Å². The second kappa shape index (κ2) is 8.04. The Balaban J connectivity index is 1.87. The molecule has 1 atom stereocenters. The van der Waals surface area contributed by atoms with Crippen LogP contribution in [0, 0.1) is 5.92 Å². The van der Waals surface area contributed by atoms with Crippen LogP contribution in [0.2, 0.25) is 0 Å². The second-order valence-electron chi connectivity index (χ2n) is 6.48. The van der Waals surface area contributed by atoms with Gasteiger partial charge in [0.05, 0.1) is 11.5 Å². The number of benzene rings is 1. The fraction of sp³-hybridized carbons (Fsp3) is 0.500. The number of carbonyl (C=O) groups excluding carboxylic acids is 1. The topological polar surface area (TPSA) is 89.7 Å². The van der Waals surface area contributed by atoms with Crippen molar-refractivity contribution in [3.63, 3.8) is 0 Å². The molecule has 2 N–H and O–H groups in total. The summed E-state index contributed by atoms with van der Waals surface area (Å²) in [7, 11) is -3.54. The van der Waals surface area contributed by atoms with Crippen LogP contribution in [0.4, 0.5) is 0 Å². The van der Waals surface area contributed by atoms with Gasteiger partial charge in [0.1, 0.15) is 4.88 Å². The van der Waals surface area contributed by atoms with Crippen LogP contribution < -0.4 is 5.73 Å². The zero-order valence-corrected chi connectivity index (χ0v) is 16.4. The van der Waals surface area contributed by atoms with Gasteiger partial charge < -0.3 is 10.5 Å². The number of carbonyl (C=O) groups is 1. The minimum Gasteiger partial charge on any atom is -0.462 e. The van der Waals surface area contributed by atoms with E-state index in [0.29, 0.717) is 37.0 Å². The van der Waals surface area contributed by atoms with Crippen LogP contribution in [-0.2, 0) is 14.8 Å². The maximum atomic E-state index is 13.0. The molecule has 142 valence electrons. The zero-order valence-electron chi connectivity index (χ0n) is 14.8. The lowest BCUT2D eigenvalue weighted by Crippen LogP contribution is -2.40. The number of nitrogens with zero attached hydrogens (tertiary/aromatic N) is 1. The number of ether oxygens (including phenoxy) is 1. The summed E-state index contributed by atoms with van der Waals surface area (Å²) in [5.41, 5.74) is 5.63. The highest BCUT2D eigenvalue weighted by atomic mass is 32.2. The predicted molar refractivity (Wildman–Crippen MR) is 103 cm³/mol. The molecule has 0 radical (unpaired) electrons. The molecule has 2 aromatic rings. The van der Waals surface area contributed by atoms with Gasteiger partial charge in [0.15, 0.2) is 0 Å². The molecule has 3 rings (SSSR count). The number of sulfonamides is 1. The van der Waals surface area contributed by atoms with Gasteiger partial charge in [-0.15, -0.1) is 11.3 Å². The molecular formula is C18H24N2O4S2. The summed E-state index contributed by atoms with van der Waals surface area (Å²) in [5, 5.41) is 0.745. The largest absolute Gasteiger partial charge is 0.462 e. The lowest BCUT2D eigenvalue weighted by atomic mass is 9.96. The maximum absolute atomic E-state index is 13.0. The van der Waals surface area contributed by atoms with Gasteiger partial charge in [-0.05, 0) is 68.3 Å². The summed E-state index contributed by atoms with van der Waals surface area (Å²) < 4.78 is 33.5. The van der Waals surface area contributed by atoms with Gasteiger partial charge >= 0.3 is 5.97 Å². The highest BCUT2D eigenvalue weighted by molar-refractivity contribution is 7.89. The van der Waals surface area contributed by atoms with Crippen molar-refractivity contribution in [2.24, 2.45) is 11.7 Å². The summed E-state index contributed by atoms with van der Waals surface area (Å²) in [5.74, 6) is -0.0532. The summed E-state index contributed by atoms with van der Waals surface area (Å²) in [6.45, 7) is 3.71. The first-order chi connectivity index (χ1) is 12.5. The van der Waals surface area contributed by atoms with Crippen molar-refractivity contribution in [2.45, 2.75) is 31.1 Å². The van der Waals surface area contributed by atoms with Crippen LogP contribution in [0.5, 0.6) is 0 Å². The van der Waals surface area contributed by atoms with Gasteiger partial charge in [-0.1, -0.05) is 0 Å². The van der Waals surface area contributed by atoms with Gasteiger partial charge in [0, 0.05) is 17.8 Å². The van der Waals surface area contributed by atoms with E-state index < -0.39 is 10.0 Å². The number of thiophene rings is 1. The number of hydrogen-bond donors (Lipinski definition) is 1. The Morgan fingerprint density at radius 3 is 2.92 bits per heavy atom. The highest BCUT2D eigenvalue weighted by Gasteiger charge is 2.30. The van der Waals surface area contributed by atoms with Crippen molar-refractivity contribution in [3.8, 4) is 0 Å². The van der Waals surface area contributed by atoms with Crippen LogP contribution in [0.3, 0.4) is 0 Å². The molecule has 1 unspecified atom stereocenters. The van der Waals surface area contributed by atoms with Gasteiger partial charge in [-0.3, -0.25) is 0 Å². The van der Waals surface area contributed by atoms with E-state index in [1.807, 2.05) is 0 Å². The third-order valence-corrected chi connectivity index (χ3v) is 7.62. The van der Waals surface area contributed by atoms with E-state index in [1.54, 1.807) is 35.5 Å². The minimum atomic E-state index is -3.54. The molecule has 1 saturated heterocycles. The molecule has 1 aromatic carbocycles. The van der Waals surface area contributed by atoms with Gasteiger partial charge in [0.25, 0.3) is 0 Å². The van der Waals surface area contributed by atoms with Crippen molar-refractivity contribution < 1.29 is 17.9 Å². The Kier molecular flexibility index (Phi) is 5.96. The van der Waals surface area contributed by atoms with Gasteiger partial charge in [-0.2, -0.15) is 4.31 Å². The third-order valence-electron chi connectivity index (χ3n) is 4.66. The van der Waals surface area contributed by atoms with E-state index >= 15 is 0 Å². The van der Waals surface area contributed by atoms with Gasteiger partial charge in [-0.25, -0.2) is 13.2 Å². The molecule has 1 fully saturated rings. The van der Waals surface area contributed by atoms with Gasteiger partial charge in [0.2, 0.25) is 10.0 Å². The van der Waals surface area contributed by atoms with Crippen LogP contribution >= 0.6 is 11.3 Å². The molecule has 0 spiro atoms. The van der Waals surface area contributed by atoms with Crippen molar-refractivity contribution in [2.75, 3.05) is 26.2 Å². The minimum absolute atomic E-state index is 0.270. The molecule has 0 bridgehead atoms. The molecule has 6 nitrogen and oxygen atoms in total. The first kappa shape index (κ1) is 19.3. The van der Waals surface area contributed by atoms with Crippen molar-refractivity contribution in [3.05, 3.63) is 29.1 Å². The molecule has 0 amide bonds. The van der Waals surface area contributed by atoms with Crippen LogP contribution in [0.1, 0.15) is 35.9 Å². The van der Waals surface area contributed by atoms with Crippen LogP contribution in [0.25, 0.3) is 10.1 Å². The number of esters is 1. The molecule has 1 aliphatic rings. The molecule has 26 heavy (non-hydrogen) atoms. The Hall–Kier alpha value is -1.48. The van der Waals surface area contributed by atoms with Crippen molar-refractivity contribution in [1.29, 1.82) is 0 Å². The average molecular weight is 397 g/mol. The Morgan fingerprint density at radius 1 is 1.38 bits per heavy atom. The second-order valence-corrected chi connectivity index (χ2v) is 9.50. The van der Waals surface area contributed by atoms with Crippen molar-refractivity contribution in [1.82, 2.24) is 4.31 Å². The zero-order chi connectivity index (χ0) is 18.7. The number of fused-ring (bicyclic) bond motifs is 1. The van der Waals surface area contributed by atoms with E-state index in [-0.39, 0.29) is 10.9 Å². The number of piperidine rings is 1. The van der Waals surface area contributed by atoms with E-state index in [2.05, 4.69) is 0 Å². The molecule has 8 heteroatoms. The standard InChI is InChI=1S/C18H24N2O4S2/c1-2-24-18(21)17-11-14-10-15(5-6-16(14)25-17)26(22,23)20-9-3-4-13(12-20)7-8-19/h5-6,10-11,13H,2-4,7-9,12,19H2,1H3. The van der Waals surface area contributed by atoms with E-state index in [4.69, 9.17) is 10.5 Å². The van der Waals surface area contributed by atoms with E-state index in [0.717, 1.165) is 29.3 Å². The normalized spacial score (nSPS) is 18.9. The number of nitrogens with two attached hydrogens (primary N) is 1. The molecule has 2 heterocycles. The first-order valence-electron chi connectivity index (χ1n) is 8.86. The Morgan fingerprint density at radius 2 is 2.19 bits per heavy atom. The number of rotatable bonds is 6. The molecule has 0 saturated carbocycles. The summed E-state index contributed by atoms with van der Waals surface area (Å²) in [6.07, 6.45) is 2.73. The fourth-order valence-electron chi connectivity index (χ4n) is 3.35. The first-order valence-corrected chi connectivity index (χ1v) is 11.1. The molecule has 1 aromatic heterocycles. The van der Waals surface area contributed by atoms with Crippen molar-refractivity contribution >= 4 is 37.4 Å². The fourth-order valence-corrected chi connectivity index (χ4v) is 5.88. The lowest BCUT2D eigenvalue weighted by Gasteiger charge is -2.31. The lowest BCUT2D eigenvalue weighted by molar-refractivity contribution is 0.0532. The van der Waals surface area contributed by atoms with Crippen LogP contribution in [0.15, 0.2) is 29.2 Å². The quantitative estimate of drug-likeness (QED) is 0.759.